The molecule has 0 unspecified atom stereocenters. The van der Waals surface area contributed by atoms with E-state index in [-0.39, 0.29) is 0 Å². The molecule has 3 rings (SSSR count). The Labute approximate surface area is 220 Å². The van der Waals surface area contributed by atoms with Gasteiger partial charge < -0.3 is 20.4 Å². The van der Waals surface area contributed by atoms with Crippen molar-refractivity contribution in [1.29, 1.82) is 0 Å². The van der Waals surface area contributed by atoms with Gasteiger partial charge in [0.1, 0.15) is 0 Å². The standard InChI is InChI=1S/3C6H6.C3H8.3C2H6.4CH4O/c3*1-2-4-6-5-3-1;1-3-2;7*1-2/h3*1-6H;3H2,1-2H3;3*1-2H3;4*2H,1H3. The number of hydrogen-bond donors (Lipinski definition) is 4. The molecule has 4 heteroatoms. The van der Waals surface area contributed by atoms with E-state index in [2.05, 4.69) is 13.8 Å². The van der Waals surface area contributed by atoms with Crippen LogP contribution in [0.15, 0.2) is 109 Å². The molecule has 0 amide bonds. The zero-order valence-corrected chi connectivity index (χ0v) is 24.9. The maximum Gasteiger partial charge on any atom is 0.0319 e. The topological polar surface area (TPSA) is 80.9 Å². The van der Waals surface area contributed by atoms with E-state index >= 15 is 0 Å². The van der Waals surface area contributed by atoms with E-state index in [1.165, 1.54) is 6.42 Å². The Morgan fingerprint density at radius 3 is 0.314 bits per heavy atom. The van der Waals surface area contributed by atoms with Crippen LogP contribution in [0.3, 0.4) is 0 Å². The summed E-state index contributed by atoms with van der Waals surface area (Å²) in [5, 5.41) is 28.0. The molecule has 0 aliphatic heterocycles. The maximum absolute atomic E-state index is 7.00. The number of benzene rings is 3. The van der Waals surface area contributed by atoms with Crippen molar-refractivity contribution >= 4 is 0 Å². The predicted molar refractivity (Wildman–Crippen MR) is 162 cm³/mol. The fraction of sp³-hybridized carbons (Fsp3) is 0.419. The number of aliphatic hydroxyl groups is 4. The SMILES string of the molecule is CC.CC.CC.CCC.CO.CO.CO.CO.c1ccccc1.c1ccccc1.c1ccccc1. The number of rotatable bonds is 0. The monoisotopic (exact) mass is 496 g/mol. The van der Waals surface area contributed by atoms with Crippen LogP contribution in [-0.4, -0.2) is 48.9 Å². The van der Waals surface area contributed by atoms with Crippen molar-refractivity contribution in [2.75, 3.05) is 28.4 Å². The lowest BCUT2D eigenvalue weighted by Gasteiger charge is -1.69. The minimum absolute atomic E-state index is 1.00. The lowest BCUT2D eigenvalue weighted by Crippen LogP contribution is -1.47. The minimum Gasteiger partial charge on any atom is -0.400 e. The van der Waals surface area contributed by atoms with Crippen LogP contribution in [0.4, 0.5) is 0 Å². The lowest BCUT2D eigenvalue weighted by atomic mass is 10.4. The third-order valence-electron chi connectivity index (χ3n) is 2.00. The van der Waals surface area contributed by atoms with E-state index in [9.17, 15) is 0 Å². The van der Waals surface area contributed by atoms with Crippen molar-refractivity contribution in [1.82, 2.24) is 0 Å². The van der Waals surface area contributed by atoms with Crippen molar-refractivity contribution in [2.24, 2.45) is 0 Å². The van der Waals surface area contributed by atoms with Gasteiger partial charge in [-0.05, 0) is 0 Å². The molecule has 208 valence electrons. The first-order chi connectivity index (χ1) is 17.4. The molecule has 0 atom stereocenters. The van der Waals surface area contributed by atoms with Crippen molar-refractivity contribution in [3.05, 3.63) is 109 Å². The molecule has 0 aromatic heterocycles. The fourth-order valence-corrected chi connectivity index (χ4v) is 1.15. The quantitative estimate of drug-likeness (QED) is 0.254. The van der Waals surface area contributed by atoms with Gasteiger partial charge in [-0.2, -0.15) is 0 Å². The first kappa shape index (κ1) is 53.7. The maximum atomic E-state index is 7.00. The van der Waals surface area contributed by atoms with Gasteiger partial charge in [-0.15, -0.1) is 0 Å². The molecule has 4 N–H and O–H groups in total. The van der Waals surface area contributed by atoms with Crippen LogP contribution in [0.25, 0.3) is 0 Å². The van der Waals surface area contributed by atoms with Crippen molar-refractivity contribution in [3.63, 3.8) is 0 Å². The van der Waals surface area contributed by atoms with E-state index in [1.54, 1.807) is 0 Å². The van der Waals surface area contributed by atoms with E-state index in [1.807, 2.05) is 151 Å². The van der Waals surface area contributed by atoms with Gasteiger partial charge in [0, 0.05) is 28.4 Å². The molecular weight excluding hydrogens is 436 g/mol. The van der Waals surface area contributed by atoms with Crippen LogP contribution >= 0.6 is 0 Å². The Bertz CT molecular complexity index is 323. The largest absolute Gasteiger partial charge is 0.400 e. The second-order valence-corrected chi connectivity index (χ2v) is 4.17. The number of hydrogen-bond acceptors (Lipinski definition) is 4. The highest BCUT2D eigenvalue weighted by Crippen LogP contribution is 1.81. The predicted octanol–water partition coefficient (Wildman–Crippen LogP) is 7.99. The fourth-order valence-electron chi connectivity index (χ4n) is 1.15. The highest BCUT2D eigenvalue weighted by atomic mass is 16.2. The zero-order chi connectivity index (χ0) is 29.4. The van der Waals surface area contributed by atoms with E-state index in [4.69, 9.17) is 20.4 Å². The molecule has 3 aromatic carbocycles. The molecule has 0 saturated heterocycles. The third kappa shape index (κ3) is 114. The highest BCUT2D eigenvalue weighted by Gasteiger charge is 1.59. The van der Waals surface area contributed by atoms with E-state index in [0.29, 0.717) is 0 Å². The average molecular weight is 497 g/mol. The van der Waals surface area contributed by atoms with Gasteiger partial charge in [0.15, 0.2) is 0 Å². The van der Waals surface area contributed by atoms with Crippen molar-refractivity contribution < 1.29 is 20.4 Å². The van der Waals surface area contributed by atoms with Gasteiger partial charge in [-0.1, -0.05) is 171 Å². The molecule has 3 aromatic rings. The summed E-state index contributed by atoms with van der Waals surface area (Å²) in [5.74, 6) is 0. The Morgan fingerprint density at radius 1 is 0.257 bits per heavy atom. The van der Waals surface area contributed by atoms with Crippen LogP contribution in [0, 0.1) is 0 Å². The number of aliphatic hydroxyl groups excluding tert-OH is 4. The Morgan fingerprint density at radius 2 is 0.286 bits per heavy atom. The van der Waals surface area contributed by atoms with Crippen LogP contribution in [0.2, 0.25) is 0 Å². The summed E-state index contributed by atoms with van der Waals surface area (Å²) in [7, 11) is 4.00. The summed E-state index contributed by atoms with van der Waals surface area (Å²) >= 11 is 0. The first-order valence-corrected chi connectivity index (χ1v) is 12.2. The highest BCUT2D eigenvalue weighted by molar-refractivity contribution is 5.00. The second-order valence-electron chi connectivity index (χ2n) is 4.17. The van der Waals surface area contributed by atoms with E-state index < -0.39 is 0 Å². The molecule has 0 aliphatic carbocycles. The van der Waals surface area contributed by atoms with Crippen molar-refractivity contribution in [2.45, 2.75) is 61.8 Å². The normalized spacial score (nSPS) is 5.83. The molecule has 0 saturated carbocycles. The average Bonchev–Trinajstić information content (AvgIpc) is 3.04. The summed E-state index contributed by atoms with van der Waals surface area (Å²) < 4.78 is 0. The van der Waals surface area contributed by atoms with Gasteiger partial charge in [0.25, 0.3) is 0 Å². The first-order valence-electron chi connectivity index (χ1n) is 12.2. The van der Waals surface area contributed by atoms with Gasteiger partial charge >= 0.3 is 0 Å². The van der Waals surface area contributed by atoms with Crippen molar-refractivity contribution in [3.8, 4) is 0 Å². The molecular formula is C31H60O4. The molecule has 35 heavy (non-hydrogen) atoms. The van der Waals surface area contributed by atoms with Gasteiger partial charge in [-0.25, -0.2) is 0 Å². The second kappa shape index (κ2) is 108. The third-order valence-corrected chi connectivity index (χ3v) is 2.00. The summed E-state index contributed by atoms with van der Waals surface area (Å²) in [6.07, 6.45) is 1.25. The molecule has 0 radical (unpaired) electrons. The van der Waals surface area contributed by atoms with Crippen LogP contribution in [0.5, 0.6) is 0 Å². The smallest absolute Gasteiger partial charge is 0.0319 e. The van der Waals surface area contributed by atoms with E-state index in [0.717, 1.165) is 28.4 Å². The summed E-state index contributed by atoms with van der Waals surface area (Å²) in [6.45, 7) is 16.2. The Hall–Kier alpha value is -2.50. The lowest BCUT2D eigenvalue weighted by molar-refractivity contribution is 0.399. The molecule has 4 nitrogen and oxygen atoms in total. The van der Waals surface area contributed by atoms with Gasteiger partial charge in [-0.3, -0.25) is 0 Å². The van der Waals surface area contributed by atoms with Gasteiger partial charge in [0.05, 0.1) is 0 Å². The van der Waals surface area contributed by atoms with Crippen LogP contribution in [0.1, 0.15) is 61.8 Å². The van der Waals surface area contributed by atoms with Gasteiger partial charge in [0.2, 0.25) is 0 Å². The molecule has 0 spiro atoms. The molecule has 0 aliphatic rings. The zero-order valence-electron chi connectivity index (χ0n) is 24.9. The summed E-state index contributed by atoms with van der Waals surface area (Å²) in [4.78, 5) is 0. The Kier molecular flexibility index (Phi) is 165. The van der Waals surface area contributed by atoms with Crippen LogP contribution in [-0.2, 0) is 0 Å². The minimum atomic E-state index is 1.00. The molecule has 0 fully saturated rings. The Balaban J connectivity index is -0.0000000403. The molecule has 0 heterocycles. The molecule has 0 bridgehead atoms. The van der Waals surface area contributed by atoms with Crippen LogP contribution < -0.4 is 0 Å². The summed E-state index contributed by atoms with van der Waals surface area (Å²) in [5.41, 5.74) is 0. The summed E-state index contributed by atoms with van der Waals surface area (Å²) in [6, 6.07) is 36.0.